The van der Waals surface area contributed by atoms with Gasteiger partial charge in [0.25, 0.3) is 0 Å². The fourth-order valence-corrected chi connectivity index (χ4v) is 5.29. The normalized spacial score (nSPS) is 11.5. The van der Waals surface area contributed by atoms with Crippen molar-refractivity contribution in [1.82, 2.24) is 0 Å². The van der Waals surface area contributed by atoms with Crippen LogP contribution in [-0.2, 0) is 12.8 Å². The summed E-state index contributed by atoms with van der Waals surface area (Å²) >= 11 is 0. The van der Waals surface area contributed by atoms with E-state index in [0.717, 1.165) is 0 Å². The van der Waals surface area contributed by atoms with Crippen molar-refractivity contribution in [2.75, 3.05) is 0 Å². The van der Waals surface area contributed by atoms with Crippen LogP contribution in [0.1, 0.15) is 153 Å². The Bertz CT molecular complexity index is 665. The molecule has 0 aliphatic heterocycles. The van der Waals surface area contributed by atoms with Gasteiger partial charge in [-0.05, 0) is 53.6 Å². The molecule has 0 spiro atoms. The largest absolute Gasteiger partial charge is 0.0654 e. The molecule has 0 saturated carbocycles. The standard InChI is InChI=1S/C34H55/c1-3-5-7-9-11-13-15-17-19-21-25-31-29-33-27-23-24-28-34(33)30-32(31)26-22-20-18-16-14-12-10-8-6-4-2/h23-24,27-29H,3-22,25-26H2,1-2H3. The molecule has 0 nitrogen and oxygen atoms in total. The maximum Gasteiger partial charge on any atom is -0.00614 e. The molecule has 0 bridgehead atoms. The fourth-order valence-electron chi connectivity index (χ4n) is 5.29. The van der Waals surface area contributed by atoms with Crippen LogP contribution < -0.4 is 0 Å². The van der Waals surface area contributed by atoms with E-state index in [1.807, 2.05) is 0 Å². The van der Waals surface area contributed by atoms with Crippen LogP contribution >= 0.6 is 0 Å². The molecule has 0 aliphatic rings. The molecule has 0 aromatic heterocycles. The molecule has 34 heavy (non-hydrogen) atoms. The van der Waals surface area contributed by atoms with Crippen LogP contribution in [0.4, 0.5) is 0 Å². The van der Waals surface area contributed by atoms with E-state index in [1.54, 1.807) is 5.56 Å². The van der Waals surface area contributed by atoms with Gasteiger partial charge in [0.1, 0.15) is 0 Å². The summed E-state index contributed by atoms with van der Waals surface area (Å²) in [6, 6.07) is 15.1. The number of fused-ring (bicyclic) bond motifs is 1. The van der Waals surface area contributed by atoms with Gasteiger partial charge in [0.15, 0.2) is 0 Å². The molecule has 0 aliphatic carbocycles. The molecule has 0 amide bonds. The Hall–Kier alpha value is -1.30. The van der Waals surface area contributed by atoms with Crippen molar-refractivity contribution in [3.63, 3.8) is 0 Å². The van der Waals surface area contributed by atoms with Gasteiger partial charge in [0, 0.05) is 0 Å². The van der Waals surface area contributed by atoms with E-state index in [2.05, 4.69) is 50.2 Å². The summed E-state index contributed by atoms with van der Waals surface area (Å²) in [4.78, 5) is 0. The van der Waals surface area contributed by atoms with E-state index in [9.17, 15) is 0 Å². The van der Waals surface area contributed by atoms with Gasteiger partial charge >= 0.3 is 0 Å². The van der Waals surface area contributed by atoms with Crippen molar-refractivity contribution in [3.05, 3.63) is 47.5 Å². The molecule has 2 aromatic rings. The molecule has 0 saturated heterocycles. The van der Waals surface area contributed by atoms with Gasteiger partial charge in [0.2, 0.25) is 0 Å². The van der Waals surface area contributed by atoms with Crippen LogP contribution in [0.15, 0.2) is 30.3 Å². The highest BCUT2D eigenvalue weighted by Gasteiger charge is 2.06. The number of hydrogen-bond acceptors (Lipinski definition) is 0. The smallest absolute Gasteiger partial charge is 0.00614 e. The van der Waals surface area contributed by atoms with Gasteiger partial charge in [-0.1, -0.05) is 160 Å². The van der Waals surface area contributed by atoms with Crippen molar-refractivity contribution < 1.29 is 0 Å². The molecule has 0 fully saturated rings. The second-order valence-corrected chi connectivity index (χ2v) is 10.7. The Morgan fingerprint density at radius 3 is 1.47 bits per heavy atom. The predicted molar refractivity (Wildman–Crippen MR) is 154 cm³/mol. The first-order chi connectivity index (χ1) is 16.8. The van der Waals surface area contributed by atoms with Crippen molar-refractivity contribution in [2.45, 2.75) is 155 Å². The minimum Gasteiger partial charge on any atom is -0.0654 e. The SMILES string of the molecule is CCCCCCCCCCCCc1[c]c2ccccc2cc1CCCCCCCCCCCC. The first-order valence-electron chi connectivity index (χ1n) is 15.3. The molecule has 0 heterocycles. The second kappa shape index (κ2) is 19.9. The van der Waals surface area contributed by atoms with Crippen LogP contribution in [0.25, 0.3) is 10.8 Å². The topological polar surface area (TPSA) is 0 Å². The van der Waals surface area contributed by atoms with Crippen molar-refractivity contribution in [1.29, 1.82) is 0 Å². The van der Waals surface area contributed by atoms with E-state index >= 15 is 0 Å². The van der Waals surface area contributed by atoms with E-state index < -0.39 is 0 Å². The van der Waals surface area contributed by atoms with Gasteiger partial charge < -0.3 is 0 Å². The number of benzene rings is 2. The van der Waals surface area contributed by atoms with Crippen LogP contribution in [0, 0.1) is 6.07 Å². The van der Waals surface area contributed by atoms with E-state index in [4.69, 9.17) is 0 Å². The summed E-state index contributed by atoms with van der Waals surface area (Å²) in [7, 11) is 0. The lowest BCUT2D eigenvalue weighted by atomic mass is 9.93. The monoisotopic (exact) mass is 463 g/mol. The Morgan fingerprint density at radius 2 is 0.941 bits per heavy atom. The molecule has 2 rings (SSSR count). The van der Waals surface area contributed by atoms with E-state index in [1.165, 1.54) is 158 Å². The maximum atomic E-state index is 3.81. The lowest BCUT2D eigenvalue weighted by molar-refractivity contribution is 0.553. The third-order valence-electron chi connectivity index (χ3n) is 7.54. The molecule has 0 heteroatoms. The Kier molecular flexibility index (Phi) is 17.0. The van der Waals surface area contributed by atoms with Crippen LogP contribution in [0.5, 0.6) is 0 Å². The number of unbranched alkanes of at least 4 members (excludes halogenated alkanes) is 18. The summed E-state index contributed by atoms with van der Waals surface area (Å²) < 4.78 is 0. The Labute approximate surface area is 213 Å². The van der Waals surface area contributed by atoms with E-state index in [-0.39, 0.29) is 0 Å². The lowest BCUT2D eigenvalue weighted by Gasteiger charge is -2.12. The maximum absolute atomic E-state index is 3.81. The zero-order valence-electron chi connectivity index (χ0n) is 22.9. The minimum absolute atomic E-state index is 1.22. The van der Waals surface area contributed by atoms with Gasteiger partial charge in [-0.15, -0.1) is 0 Å². The van der Waals surface area contributed by atoms with Gasteiger partial charge in [-0.2, -0.15) is 0 Å². The third kappa shape index (κ3) is 13.0. The molecule has 1 radical (unpaired) electrons. The molecule has 0 unspecified atom stereocenters. The molecular formula is C34H55. The fraction of sp³-hybridized carbons (Fsp3) is 0.706. The van der Waals surface area contributed by atoms with Crippen molar-refractivity contribution in [3.8, 4) is 0 Å². The lowest BCUT2D eigenvalue weighted by Crippen LogP contribution is -1.97. The highest BCUT2D eigenvalue weighted by atomic mass is 14.1. The van der Waals surface area contributed by atoms with Crippen LogP contribution in [0.2, 0.25) is 0 Å². The predicted octanol–water partition coefficient (Wildman–Crippen LogP) is 11.6. The average molecular weight is 464 g/mol. The van der Waals surface area contributed by atoms with Crippen molar-refractivity contribution in [2.24, 2.45) is 0 Å². The molecule has 2 aromatic carbocycles. The van der Waals surface area contributed by atoms with Crippen molar-refractivity contribution >= 4 is 10.8 Å². The second-order valence-electron chi connectivity index (χ2n) is 10.7. The average Bonchev–Trinajstić information content (AvgIpc) is 2.86. The first kappa shape index (κ1) is 28.9. The summed E-state index contributed by atoms with van der Waals surface area (Å²) in [5.41, 5.74) is 3.09. The zero-order chi connectivity index (χ0) is 24.1. The molecule has 191 valence electrons. The zero-order valence-corrected chi connectivity index (χ0v) is 22.9. The Morgan fingerprint density at radius 1 is 0.500 bits per heavy atom. The van der Waals surface area contributed by atoms with Crippen LogP contribution in [-0.4, -0.2) is 0 Å². The van der Waals surface area contributed by atoms with Gasteiger partial charge in [-0.3, -0.25) is 0 Å². The highest BCUT2D eigenvalue weighted by molar-refractivity contribution is 5.83. The van der Waals surface area contributed by atoms with Gasteiger partial charge in [0.05, 0.1) is 0 Å². The first-order valence-corrected chi connectivity index (χ1v) is 15.3. The Balaban J connectivity index is 1.67. The highest BCUT2D eigenvalue weighted by Crippen LogP contribution is 2.24. The summed E-state index contributed by atoms with van der Waals surface area (Å²) in [6.07, 6.45) is 30.7. The number of rotatable bonds is 22. The number of aryl methyl sites for hydroxylation is 2. The molecule has 0 N–H and O–H groups in total. The minimum atomic E-state index is 1.22. The number of hydrogen-bond donors (Lipinski definition) is 0. The molecule has 0 atom stereocenters. The third-order valence-corrected chi connectivity index (χ3v) is 7.54. The van der Waals surface area contributed by atoms with Crippen LogP contribution in [0.3, 0.4) is 0 Å². The summed E-state index contributed by atoms with van der Waals surface area (Å²) in [5.74, 6) is 0. The van der Waals surface area contributed by atoms with Gasteiger partial charge in [-0.25, -0.2) is 0 Å². The van der Waals surface area contributed by atoms with E-state index in [0.29, 0.717) is 0 Å². The summed E-state index contributed by atoms with van der Waals surface area (Å²) in [6.45, 7) is 4.60. The molecular weight excluding hydrogens is 408 g/mol. The quantitative estimate of drug-likeness (QED) is 0.152. The summed E-state index contributed by atoms with van der Waals surface area (Å²) in [5, 5.41) is 2.67.